The summed E-state index contributed by atoms with van der Waals surface area (Å²) in [5.74, 6) is 0.948. The molecular formula is C11H19NO3. The first-order chi connectivity index (χ1) is 7.31. The van der Waals surface area contributed by atoms with Crippen LogP contribution in [-0.4, -0.2) is 27.1 Å². The molecule has 0 aliphatic heterocycles. The van der Waals surface area contributed by atoms with Gasteiger partial charge in [-0.15, -0.1) is 0 Å². The van der Waals surface area contributed by atoms with Gasteiger partial charge in [0.25, 0.3) is 0 Å². The van der Waals surface area contributed by atoms with E-state index in [1.165, 1.54) is 0 Å². The Bertz CT molecular complexity index is 244. The Morgan fingerprint density at radius 3 is 2.60 bits per heavy atom. The molecule has 1 N–H and O–H groups in total. The van der Waals surface area contributed by atoms with Crippen molar-refractivity contribution in [2.75, 3.05) is 20.8 Å². The van der Waals surface area contributed by atoms with E-state index in [9.17, 15) is 0 Å². The molecule has 0 amide bonds. The zero-order valence-corrected chi connectivity index (χ0v) is 9.53. The van der Waals surface area contributed by atoms with Gasteiger partial charge in [-0.05, 0) is 18.6 Å². The average Bonchev–Trinajstić information content (AvgIpc) is 2.78. The summed E-state index contributed by atoms with van der Waals surface area (Å²) in [4.78, 5) is 0. The van der Waals surface area contributed by atoms with Crippen molar-refractivity contribution in [2.24, 2.45) is 0 Å². The lowest BCUT2D eigenvalue weighted by molar-refractivity contribution is -0.100. The second-order valence-corrected chi connectivity index (χ2v) is 3.29. The lowest BCUT2D eigenvalue weighted by atomic mass is 10.2. The van der Waals surface area contributed by atoms with E-state index in [1.807, 2.05) is 12.1 Å². The highest BCUT2D eigenvalue weighted by molar-refractivity contribution is 5.03. The van der Waals surface area contributed by atoms with Crippen LogP contribution >= 0.6 is 0 Å². The lowest BCUT2D eigenvalue weighted by Crippen LogP contribution is -2.32. The largest absolute Gasteiger partial charge is 0.468 e. The summed E-state index contributed by atoms with van der Waals surface area (Å²) in [6.07, 6.45) is 2.44. The van der Waals surface area contributed by atoms with Crippen molar-refractivity contribution >= 4 is 0 Å². The van der Waals surface area contributed by atoms with Crippen LogP contribution in [0.4, 0.5) is 0 Å². The molecule has 4 nitrogen and oxygen atoms in total. The fourth-order valence-electron chi connectivity index (χ4n) is 1.44. The molecule has 1 rings (SSSR count). The van der Waals surface area contributed by atoms with Gasteiger partial charge in [-0.1, -0.05) is 6.92 Å². The van der Waals surface area contributed by atoms with Crippen LogP contribution in [0, 0.1) is 0 Å². The highest BCUT2D eigenvalue weighted by Gasteiger charge is 2.13. The van der Waals surface area contributed by atoms with Crippen molar-refractivity contribution in [1.29, 1.82) is 0 Å². The first-order valence-corrected chi connectivity index (χ1v) is 5.14. The Morgan fingerprint density at radius 2 is 2.13 bits per heavy atom. The molecule has 1 atom stereocenters. The maximum Gasteiger partial charge on any atom is 0.169 e. The first kappa shape index (κ1) is 12.2. The Kier molecular flexibility index (Phi) is 5.39. The molecule has 0 radical (unpaired) electrons. The monoisotopic (exact) mass is 213 g/mol. The molecule has 1 heterocycles. The molecule has 0 saturated heterocycles. The van der Waals surface area contributed by atoms with E-state index < -0.39 is 0 Å². The second-order valence-electron chi connectivity index (χ2n) is 3.29. The SMILES string of the molecule is CCC(NCC(OC)OC)c1ccco1. The number of hydrogen-bond donors (Lipinski definition) is 1. The molecule has 86 valence electrons. The molecule has 15 heavy (non-hydrogen) atoms. The third-order valence-corrected chi connectivity index (χ3v) is 2.35. The number of furan rings is 1. The first-order valence-electron chi connectivity index (χ1n) is 5.14. The maximum atomic E-state index is 5.34. The van der Waals surface area contributed by atoms with Crippen molar-refractivity contribution in [3.63, 3.8) is 0 Å². The normalized spacial score (nSPS) is 13.3. The summed E-state index contributed by atoms with van der Waals surface area (Å²) in [7, 11) is 3.26. The number of rotatable bonds is 7. The van der Waals surface area contributed by atoms with Crippen molar-refractivity contribution < 1.29 is 13.9 Å². The highest BCUT2D eigenvalue weighted by Crippen LogP contribution is 2.16. The lowest BCUT2D eigenvalue weighted by Gasteiger charge is -2.19. The molecule has 0 aliphatic rings. The predicted molar refractivity (Wildman–Crippen MR) is 57.5 cm³/mol. The summed E-state index contributed by atoms with van der Waals surface area (Å²) >= 11 is 0. The third kappa shape index (κ3) is 3.66. The summed E-state index contributed by atoms with van der Waals surface area (Å²) in [5, 5.41) is 3.33. The maximum absolute atomic E-state index is 5.34. The predicted octanol–water partition coefficient (Wildman–Crippen LogP) is 1.94. The number of ether oxygens (including phenoxy) is 2. The van der Waals surface area contributed by atoms with Gasteiger partial charge < -0.3 is 19.2 Å². The van der Waals surface area contributed by atoms with Crippen molar-refractivity contribution in [3.8, 4) is 0 Å². The van der Waals surface area contributed by atoms with Gasteiger partial charge in [0, 0.05) is 20.8 Å². The van der Waals surface area contributed by atoms with Gasteiger partial charge in [-0.2, -0.15) is 0 Å². The van der Waals surface area contributed by atoms with Crippen LogP contribution in [0.25, 0.3) is 0 Å². The van der Waals surface area contributed by atoms with Gasteiger partial charge in [0.2, 0.25) is 0 Å². The van der Waals surface area contributed by atoms with Crippen LogP contribution in [0.15, 0.2) is 22.8 Å². The van der Waals surface area contributed by atoms with Crippen LogP contribution in [0.5, 0.6) is 0 Å². The molecule has 4 heteroatoms. The number of nitrogens with one attached hydrogen (secondary N) is 1. The second kappa shape index (κ2) is 6.61. The molecule has 1 aromatic heterocycles. The van der Waals surface area contributed by atoms with Gasteiger partial charge in [0.05, 0.1) is 12.3 Å². The van der Waals surface area contributed by atoms with Gasteiger partial charge in [-0.3, -0.25) is 0 Å². The summed E-state index contributed by atoms with van der Waals surface area (Å²) in [5.41, 5.74) is 0. The molecule has 0 aliphatic carbocycles. The molecule has 0 aromatic carbocycles. The molecule has 0 saturated carbocycles. The van der Waals surface area contributed by atoms with Crippen LogP contribution < -0.4 is 5.32 Å². The minimum Gasteiger partial charge on any atom is -0.468 e. The molecular weight excluding hydrogens is 194 g/mol. The number of methoxy groups -OCH3 is 2. The van der Waals surface area contributed by atoms with Gasteiger partial charge >= 0.3 is 0 Å². The van der Waals surface area contributed by atoms with E-state index in [-0.39, 0.29) is 12.3 Å². The highest BCUT2D eigenvalue weighted by atomic mass is 16.7. The fourth-order valence-corrected chi connectivity index (χ4v) is 1.44. The van der Waals surface area contributed by atoms with Crippen molar-refractivity contribution in [3.05, 3.63) is 24.2 Å². The summed E-state index contributed by atoms with van der Waals surface area (Å²) < 4.78 is 15.5. The molecule has 1 aromatic rings. The van der Waals surface area contributed by atoms with E-state index in [0.717, 1.165) is 12.2 Å². The van der Waals surface area contributed by atoms with Crippen LogP contribution in [-0.2, 0) is 9.47 Å². The van der Waals surface area contributed by atoms with Gasteiger partial charge in [0.1, 0.15) is 5.76 Å². The zero-order valence-electron chi connectivity index (χ0n) is 9.53. The van der Waals surface area contributed by atoms with E-state index in [0.29, 0.717) is 6.54 Å². The topological polar surface area (TPSA) is 43.6 Å². The minimum absolute atomic E-state index is 0.214. The Morgan fingerprint density at radius 1 is 1.40 bits per heavy atom. The van der Waals surface area contributed by atoms with Crippen molar-refractivity contribution in [1.82, 2.24) is 5.32 Å². The van der Waals surface area contributed by atoms with E-state index in [4.69, 9.17) is 13.9 Å². The Hall–Kier alpha value is -0.840. The molecule has 0 fully saturated rings. The zero-order chi connectivity index (χ0) is 11.1. The summed E-state index contributed by atoms with van der Waals surface area (Å²) in [6.45, 7) is 2.75. The van der Waals surface area contributed by atoms with Crippen LogP contribution in [0.2, 0.25) is 0 Å². The van der Waals surface area contributed by atoms with Crippen LogP contribution in [0.3, 0.4) is 0 Å². The van der Waals surface area contributed by atoms with Crippen molar-refractivity contribution in [2.45, 2.75) is 25.7 Å². The summed E-state index contributed by atoms with van der Waals surface area (Å²) in [6, 6.07) is 4.08. The van der Waals surface area contributed by atoms with E-state index in [1.54, 1.807) is 20.5 Å². The van der Waals surface area contributed by atoms with Crippen LogP contribution in [0.1, 0.15) is 25.1 Å². The minimum atomic E-state index is -0.214. The standard InChI is InChI=1S/C11H19NO3/c1-4-9(10-6-5-7-15-10)12-8-11(13-2)14-3/h5-7,9,11-12H,4,8H2,1-3H3. The molecule has 0 spiro atoms. The Labute approximate surface area is 90.6 Å². The number of hydrogen-bond acceptors (Lipinski definition) is 4. The van der Waals surface area contributed by atoms with E-state index >= 15 is 0 Å². The molecule has 1 unspecified atom stereocenters. The molecule has 0 bridgehead atoms. The smallest absolute Gasteiger partial charge is 0.169 e. The Balaban J connectivity index is 2.41. The van der Waals surface area contributed by atoms with Gasteiger partial charge in [-0.25, -0.2) is 0 Å². The van der Waals surface area contributed by atoms with Gasteiger partial charge in [0.15, 0.2) is 6.29 Å². The fraction of sp³-hybridized carbons (Fsp3) is 0.636. The quantitative estimate of drug-likeness (QED) is 0.703. The average molecular weight is 213 g/mol. The van der Waals surface area contributed by atoms with E-state index in [2.05, 4.69) is 12.2 Å². The third-order valence-electron chi connectivity index (χ3n) is 2.35.